The normalized spacial score (nSPS) is 48.7. The first-order chi connectivity index (χ1) is 16.2. The average molecular weight is 490 g/mol. The maximum Gasteiger partial charge on any atom is 0.126 e. The molecule has 0 spiro atoms. The lowest BCUT2D eigenvalue weighted by Gasteiger charge is -2.71. The van der Waals surface area contributed by atoms with E-state index in [1.165, 1.54) is 57.7 Å². The molecule has 5 saturated carbocycles. The second-order valence-corrected chi connectivity index (χ2v) is 12.9. The number of rotatable bonds is 1. The summed E-state index contributed by atoms with van der Waals surface area (Å²) in [6, 6.07) is 0. The molecule has 8 unspecified atom stereocenters. The molecule has 5 fully saturated rings. The molecule has 4 nitrogen and oxygen atoms in total. The third kappa shape index (κ3) is 4.24. The zero-order valence-corrected chi connectivity index (χ0v) is 22.8. The Morgan fingerprint density at radius 2 is 1.57 bits per heavy atom. The highest BCUT2D eigenvalue weighted by Gasteiger charge is 2.68. The monoisotopic (exact) mass is 489 g/mol. The summed E-state index contributed by atoms with van der Waals surface area (Å²) in [5.41, 5.74) is 2.17. The van der Waals surface area contributed by atoms with Gasteiger partial charge in [-0.3, -0.25) is 0 Å². The van der Waals surface area contributed by atoms with E-state index < -0.39 is 0 Å². The minimum atomic E-state index is 0. The summed E-state index contributed by atoms with van der Waals surface area (Å²) in [5.74, 6) is 3.21. The van der Waals surface area contributed by atoms with E-state index in [0.717, 1.165) is 43.9 Å². The number of aldehydes is 1. The average Bonchev–Trinajstić information content (AvgIpc) is 3.26. The van der Waals surface area contributed by atoms with Gasteiger partial charge >= 0.3 is 0 Å². The van der Waals surface area contributed by atoms with Gasteiger partial charge < -0.3 is 15.1 Å². The Morgan fingerprint density at radius 1 is 0.914 bits per heavy atom. The van der Waals surface area contributed by atoms with Crippen molar-refractivity contribution in [2.75, 3.05) is 7.11 Å². The van der Waals surface area contributed by atoms with Crippen molar-refractivity contribution >= 4 is 12.0 Å². The number of fused-ring (bicyclic) bond motifs is 7. The number of carbonyl (C=O) groups excluding carboxylic acids is 1. The van der Waals surface area contributed by atoms with E-state index in [2.05, 4.69) is 39.4 Å². The van der Waals surface area contributed by atoms with Gasteiger partial charge in [0.15, 0.2) is 0 Å². The second-order valence-electron chi connectivity index (χ2n) is 12.9. The number of carbonyl (C=O) groups is 1. The fraction of sp³-hybridized carbons (Fsp3) is 0.871. The minimum absolute atomic E-state index is 0. The van der Waals surface area contributed by atoms with Gasteiger partial charge in [0.2, 0.25) is 0 Å². The second kappa shape index (κ2) is 11.1. The van der Waals surface area contributed by atoms with E-state index in [-0.39, 0.29) is 12.8 Å². The van der Waals surface area contributed by atoms with Crippen molar-refractivity contribution in [3.8, 4) is 0 Å². The van der Waals surface area contributed by atoms with Crippen LogP contribution in [0.5, 0.6) is 0 Å². The largest absolute Gasteiger partial charge is 0.411 e. The van der Waals surface area contributed by atoms with Gasteiger partial charge in [0.1, 0.15) is 6.29 Å². The van der Waals surface area contributed by atoms with Crippen LogP contribution in [-0.2, 0) is 4.79 Å². The molecule has 5 aliphatic rings. The number of aliphatic hydroxyl groups is 1. The lowest BCUT2D eigenvalue weighted by atomic mass is 9.33. The van der Waals surface area contributed by atoms with Crippen molar-refractivity contribution in [1.29, 1.82) is 0 Å². The molecule has 202 valence electrons. The van der Waals surface area contributed by atoms with Crippen molar-refractivity contribution in [2.24, 2.45) is 56.4 Å². The zero-order valence-electron chi connectivity index (χ0n) is 22.8. The number of hydrogen-bond acceptors (Lipinski definition) is 4. The first kappa shape index (κ1) is 30.1. The summed E-state index contributed by atoms with van der Waals surface area (Å²) in [7, 11) is 1.00. The number of allylic oxidation sites excluding steroid dienone is 1. The van der Waals surface area contributed by atoms with Gasteiger partial charge in [-0.1, -0.05) is 52.8 Å². The van der Waals surface area contributed by atoms with Crippen molar-refractivity contribution in [3.05, 3.63) is 12.7 Å². The molecule has 9 atom stereocenters. The topological polar surface area (TPSA) is 69.9 Å². The molecule has 35 heavy (non-hydrogen) atoms. The Hall–Kier alpha value is -1.16. The van der Waals surface area contributed by atoms with E-state index in [9.17, 15) is 10.0 Å². The van der Waals surface area contributed by atoms with Gasteiger partial charge in [-0.05, 0) is 111 Å². The van der Waals surface area contributed by atoms with Crippen molar-refractivity contribution < 1.29 is 15.1 Å². The van der Waals surface area contributed by atoms with Crippen LogP contribution in [0.2, 0.25) is 0 Å². The van der Waals surface area contributed by atoms with E-state index >= 15 is 0 Å². The van der Waals surface area contributed by atoms with E-state index in [4.69, 9.17) is 5.11 Å². The molecule has 4 heteroatoms. The molecule has 0 aromatic heterocycles. The maximum absolute atomic E-state index is 12.2. The van der Waals surface area contributed by atoms with Crippen LogP contribution in [-0.4, -0.2) is 29.4 Å². The SMILES string of the molecule is C.C=CC.CC1/C(=N/O)CCC2(C)C1CCC1(C)C2CCC2C3CCCC3(C=O)CC[C@]21C.CO. The van der Waals surface area contributed by atoms with Gasteiger partial charge in [0.25, 0.3) is 0 Å². The fourth-order valence-electron chi connectivity index (χ4n) is 10.4. The number of aliphatic hydroxyl groups excluding tert-OH is 1. The first-order valence-corrected chi connectivity index (χ1v) is 13.9. The molecule has 0 aliphatic heterocycles. The highest BCUT2D eigenvalue weighted by molar-refractivity contribution is 5.87. The summed E-state index contributed by atoms with van der Waals surface area (Å²) < 4.78 is 0. The van der Waals surface area contributed by atoms with Crippen molar-refractivity contribution in [3.63, 3.8) is 0 Å². The number of nitrogens with zero attached hydrogens (tertiary/aromatic N) is 1. The third-order valence-corrected chi connectivity index (χ3v) is 12.2. The van der Waals surface area contributed by atoms with Gasteiger partial charge in [-0.2, -0.15) is 0 Å². The van der Waals surface area contributed by atoms with Crippen molar-refractivity contribution in [2.45, 2.75) is 113 Å². The molecule has 0 aromatic carbocycles. The molecule has 5 aliphatic carbocycles. The smallest absolute Gasteiger partial charge is 0.126 e. The van der Waals surface area contributed by atoms with Crippen LogP contribution in [0.1, 0.15) is 113 Å². The van der Waals surface area contributed by atoms with Crippen LogP contribution in [0.15, 0.2) is 17.8 Å². The number of hydrogen-bond donors (Lipinski definition) is 2. The predicted molar refractivity (Wildman–Crippen MR) is 147 cm³/mol. The van der Waals surface area contributed by atoms with Gasteiger partial charge in [0, 0.05) is 18.4 Å². The first-order valence-electron chi connectivity index (χ1n) is 13.9. The van der Waals surface area contributed by atoms with E-state index in [1.54, 1.807) is 6.08 Å². The van der Waals surface area contributed by atoms with E-state index in [0.29, 0.717) is 34.0 Å². The standard InChI is InChI=1S/C26H41NO2.C3H6.CH4O.CH4/c1-17-18-9-13-25(4)22(23(18,2)12-10-21(17)27-29)8-7-19-20-6-5-11-26(20,16-28)15-14-24(19,25)3;1-3-2;1-2;/h16-20,22,29H,5-15H2,1-4H3;3H,1H2,2H3;2H,1H3;1H4/b27-21+;;;/t17?,18?,19?,20?,22?,23?,24-,25?,26?;;;/m1.../s1. The third-order valence-electron chi connectivity index (χ3n) is 12.2. The molecule has 0 aromatic rings. The minimum Gasteiger partial charge on any atom is -0.411 e. The molecular weight excluding hydrogens is 434 g/mol. The number of oxime groups is 1. The Kier molecular flexibility index (Phi) is 9.51. The molecule has 0 bridgehead atoms. The quantitative estimate of drug-likeness (QED) is 0.170. The van der Waals surface area contributed by atoms with E-state index in [1.807, 2.05) is 6.92 Å². The molecular formula is C31H55NO3. The lowest BCUT2D eigenvalue weighted by Crippen LogP contribution is -2.64. The Labute approximate surface area is 216 Å². The summed E-state index contributed by atoms with van der Waals surface area (Å²) >= 11 is 0. The molecule has 5 rings (SSSR count). The summed E-state index contributed by atoms with van der Waals surface area (Å²) in [6.07, 6.45) is 16.6. The molecule has 0 heterocycles. The maximum atomic E-state index is 12.2. The fourth-order valence-corrected chi connectivity index (χ4v) is 10.4. The van der Waals surface area contributed by atoms with Gasteiger partial charge in [-0.25, -0.2) is 0 Å². The Balaban J connectivity index is 0.000000671. The molecule has 2 N–H and O–H groups in total. The van der Waals surface area contributed by atoms with Gasteiger partial charge in [-0.15, -0.1) is 6.58 Å². The lowest BCUT2D eigenvalue weighted by molar-refractivity contribution is -0.217. The van der Waals surface area contributed by atoms with Crippen LogP contribution in [0.3, 0.4) is 0 Å². The molecule has 0 radical (unpaired) electrons. The molecule has 0 saturated heterocycles. The van der Waals surface area contributed by atoms with Gasteiger partial charge in [0.05, 0.1) is 5.71 Å². The van der Waals surface area contributed by atoms with Crippen molar-refractivity contribution in [1.82, 2.24) is 0 Å². The summed E-state index contributed by atoms with van der Waals surface area (Å²) in [4.78, 5) is 12.2. The predicted octanol–water partition coefficient (Wildman–Crippen LogP) is 7.92. The van der Waals surface area contributed by atoms with Crippen LogP contribution in [0.25, 0.3) is 0 Å². The summed E-state index contributed by atoms with van der Waals surface area (Å²) in [6.45, 7) is 15.4. The van der Waals surface area contributed by atoms with Crippen LogP contribution < -0.4 is 0 Å². The van der Waals surface area contributed by atoms with Crippen LogP contribution in [0, 0.1) is 51.2 Å². The van der Waals surface area contributed by atoms with Crippen LogP contribution in [0.4, 0.5) is 0 Å². The Bertz CT molecular complexity index is 779. The van der Waals surface area contributed by atoms with Crippen LogP contribution >= 0.6 is 0 Å². The Morgan fingerprint density at radius 3 is 2.17 bits per heavy atom. The highest BCUT2D eigenvalue weighted by atomic mass is 16.4. The highest BCUT2D eigenvalue weighted by Crippen LogP contribution is 2.75. The molecule has 0 amide bonds. The zero-order chi connectivity index (χ0) is 25.4. The summed E-state index contributed by atoms with van der Waals surface area (Å²) in [5, 5.41) is 20.2.